The van der Waals surface area contributed by atoms with E-state index in [0.717, 1.165) is 29.9 Å². The summed E-state index contributed by atoms with van der Waals surface area (Å²) in [6, 6.07) is 15.7. The van der Waals surface area contributed by atoms with E-state index in [0.29, 0.717) is 0 Å². The summed E-state index contributed by atoms with van der Waals surface area (Å²) in [5.74, 6) is -0.383. The maximum Gasteiger partial charge on any atom is 0.243 e. The van der Waals surface area contributed by atoms with Crippen LogP contribution < -0.4 is 15.5 Å². The van der Waals surface area contributed by atoms with Gasteiger partial charge in [-0.05, 0) is 49.6 Å². The Morgan fingerprint density at radius 1 is 1.00 bits per heavy atom. The van der Waals surface area contributed by atoms with Crippen molar-refractivity contribution in [3.8, 4) is 0 Å². The summed E-state index contributed by atoms with van der Waals surface area (Å²) in [6.45, 7) is 4.15. The highest BCUT2D eigenvalue weighted by Crippen LogP contribution is 2.21. The van der Waals surface area contributed by atoms with Gasteiger partial charge >= 0.3 is 0 Å². The highest BCUT2D eigenvalue weighted by atomic mass is 16.2. The normalized spacial score (nSPS) is 13.5. The molecule has 26 heavy (non-hydrogen) atoms. The third-order valence-corrected chi connectivity index (χ3v) is 4.52. The van der Waals surface area contributed by atoms with Crippen LogP contribution in [0.2, 0.25) is 0 Å². The van der Waals surface area contributed by atoms with E-state index in [4.69, 9.17) is 0 Å². The second kappa shape index (κ2) is 8.52. The van der Waals surface area contributed by atoms with Crippen LogP contribution in [0.5, 0.6) is 0 Å². The maximum atomic E-state index is 12.0. The first-order chi connectivity index (χ1) is 12.6. The number of nitrogens with one attached hydrogen (secondary N) is 2. The fraction of sp³-hybridized carbons (Fsp3) is 0.333. The van der Waals surface area contributed by atoms with E-state index in [-0.39, 0.29) is 24.8 Å². The van der Waals surface area contributed by atoms with Crippen LogP contribution in [0.1, 0.15) is 24.0 Å². The molecule has 0 radical (unpaired) electrons. The molecule has 0 bridgehead atoms. The average molecular weight is 351 g/mol. The molecule has 1 aliphatic heterocycles. The Hall–Kier alpha value is -2.82. The molecule has 0 spiro atoms. The monoisotopic (exact) mass is 351 g/mol. The fourth-order valence-corrected chi connectivity index (χ4v) is 3.18. The maximum absolute atomic E-state index is 12.0. The van der Waals surface area contributed by atoms with Crippen LogP contribution in [-0.4, -0.2) is 31.4 Å². The molecule has 0 aromatic heterocycles. The van der Waals surface area contributed by atoms with Gasteiger partial charge in [-0.3, -0.25) is 9.59 Å². The Morgan fingerprint density at radius 3 is 2.42 bits per heavy atom. The van der Waals surface area contributed by atoms with Gasteiger partial charge in [-0.15, -0.1) is 0 Å². The molecule has 2 aromatic rings. The van der Waals surface area contributed by atoms with Gasteiger partial charge in [0.05, 0.1) is 13.0 Å². The van der Waals surface area contributed by atoms with Gasteiger partial charge in [0.1, 0.15) is 0 Å². The highest BCUT2D eigenvalue weighted by molar-refractivity contribution is 5.94. The van der Waals surface area contributed by atoms with E-state index in [1.807, 2.05) is 55.5 Å². The van der Waals surface area contributed by atoms with E-state index < -0.39 is 0 Å². The number of carbonyl (C=O) groups is 2. The Bertz CT molecular complexity index is 765. The lowest BCUT2D eigenvalue weighted by Gasteiger charge is -2.17. The molecule has 1 fully saturated rings. The Labute approximate surface area is 154 Å². The molecule has 0 atom stereocenters. The van der Waals surface area contributed by atoms with Crippen molar-refractivity contribution in [2.75, 3.05) is 29.9 Å². The molecule has 136 valence electrons. The Morgan fingerprint density at radius 2 is 1.73 bits per heavy atom. The molecule has 1 aliphatic rings. The summed E-state index contributed by atoms with van der Waals surface area (Å²) in [6.07, 6.45) is 2.75. The molecule has 5 nitrogen and oxygen atoms in total. The van der Waals surface area contributed by atoms with Crippen molar-refractivity contribution in [3.05, 3.63) is 59.7 Å². The first kappa shape index (κ1) is 18.0. The van der Waals surface area contributed by atoms with E-state index in [9.17, 15) is 9.59 Å². The van der Waals surface area contributed by atoms with E-state index in [1.54, 1.807) is 0 Å². The third-order valence-electron chi connectivity index (χ3n) is 4.52. The Kier molecular flexibility index (Phi) is 5.89. The lowest BCUT2D eigenvalue weighted by atomic mass is 10.1. The number of carbonyl (C=O) groups excluding carboxylic acids is 2. The van der Waals surface area contributed by atoms with Crippen LogP contribution in [0.15, 0.2) is 48.5 Å². The molecule has 0 aliphatic carbocycles. The molecule has 2 N–H and O–H groups in total. The van der Waals surface area contributed by atoms with Crippen molar-refractivity contribution in [2.24, 2.45) is 0 Å². The summed E-state index contributed by atoms with van der Waals surface area (Å²) in [5.41, 5.74) is 3.99. The Balaban J connectivity index is 1.44. The van der Waals surface area contributed by atoms with Crippen molar-refractivity contribution in [2.45, 2.75) is 26.2 Å². The SMILES string of the molecule is Cc1cccc(CC(=O)NCC(=O)Nc2ccc(N3CCCC3)cc2)c1. The molecule has 1 saturated heterocycles. The number of anilines is 2. The highest BCUT2D eigenvalue weighted by Gasteiger charge is 2.12. The molecule has 2 aromatic carbocycles. The number of hydrogen-bond donors (Lipinski definition) is 2. The van der Waals surface area contributed by atoms with Gasteiger partial charge < -0.3 is 15.5 Å². The predicted octanol–water partition coefficient (Wildman–Crippen LogP) is 2.89. The number of hydrogen-bond acceptors (Lipinski definition) is 3. The zero-order valence-electron chi connectivity index (χ0n) is 15.1. The van der Waals surface area contributed by atoms with Gasteiger partial charge in [-0.1, -0.05) is 29.8 Å². The number of aryl methyl sites for hydroxylation is 1. The predicted molar refractivity (Wildman–Crippen MR) is 104 cm³/mol. The first-order valence-electron chi connectivity index (χ1n) is 9.07. The molecule has 0 saturated carbocycles. The zero-order chi connectivity index (χ0) is 18.4. The minimum absolute atomic E-state index is 0.0292. The molecule has 3 rings (SSSR count). The number of nitrogens with zero attached hydrogens (tertiary/aromatic N) is 1. The van der Waals surface area contributed by atoms with Crippen LogP contribution in [0.3, 0.4) is 0 Å². The lowest BCUT2D eigenvalue weighted by Crippen LogP contribution is -2.33. The summed E-state index contributed by atoms with van der Waals surface area (Å²) in [5, 5.41) is 5.48. The summed E-state index contributed by atoms with van der Waals surface area (Å²) < 4.78 is 0. The quantitative estimate of drug-likeness (QED) is 0.841. The molecule has 1 heterocycles. The van der Waals surface area contributed by atoms with Gasteiger partial charge in [0.25, 0.3) is 0 Å². The minimum Gasteiger partial charge on any atom is -0.372 e. The van der Waals surface area contributed by atoms with Crippen LogP contribution >= 0.6 is 0 Å². The van der Waals surface area contributed by atoms with Crippen LogP contribution in [0.4, 0.5) is 11.4 Å². The summed E-state index contributed by atoms with van der Waals surface area (Å²) in [4.78, 5) is 26.3. The fourth-order valence-electron chi connectivity index (χ4n) is 3.18. The minimum atomic E-state index is -0.225. The van der Waals surface area contributed by atoms with E-state index in [1.165, 1.54) is 18.5 Å². The van der Waals surface area contributed by atoms with Gasteiger partial charge in [0.2, 0.25) is 11.8 Å². The van der Waals surface area contributed by atoms with Crippen molar-refractivity contribution in [1.29, 1.82) is 0 Å². The molecule has 2 amide bonds. The van der Waals surface area contributed by atoms with Crippen molar-refractivity contribution in [1.82, 2.24) is 5.32 Å². The van der Waals surface area contributed by atoms with E-state index >= 15 is 0 Å². The number of rotatable bonds is 6. The van der Waals surface area contributed by atoms with Crippen LogP contribution in [0, 0.1) is 6.92 Å². The van der Waals surface area contributed by atoms with Gasteiger partial charge in [-0.2, -0.15) is 0 Å². The topological polar surface area (TPSA) is 61.4 Å². The number of benzene rings is 2. The summed E-state index contributed by atoms with van der Waals surface area (Å²) >= 11 is 0. The average Bonchev–Trinajstić information content (AvgIpc) is 3.15. The smallest absolute Gasteiger partial charge is 0.243 e. The molecular formula is C21H25N3O2. The molecule has 0 unspecified atom stereocenters. The van der Waals surface area contributed by atoms with Crippen LogP contribution in [0.25, 0.3) is 0 Å². The van der Waals surface area contributed by atoms with Crippen molar-refractivity contribution >= 4 is 23.2 Å². The second-order valence-electron chi connectivity index (χ2n) is 6.73. The van der Waals surface area contributed by atoms with Crippen molar-refractivity contribution < 1.29 is 9.59 Å². The summed E-state index contributed by atoms with van der Waals surface area (Å²) in [7, 11) is 0. The number of amides is 2. The standard InChI is InChI=1S/C21H25N3O2/c1-16-5-4-6-17(13-16)14-20(25)22-15-21(26)23-18-7-9-19(10-8-18)24-11-2-3-12-24/h4-10,13H,2-3,11-12,14-15H2,1H3,(H,22,25)(H,23,26). The van der Waals surface area contributed by atoms with Crippen LogP contribution in [-0.2, 0) is 16.0 Å². The van der Waals surface area contributed by atoms with Gasteiger partial charge in [0, 0.05) is 24.5 Å². The third kappa shape index (κ3) is 5.09. The van der Waals surface area contributed by atoms with Gasteiger partial charge in [-0.25, -0.2) is 0 Å². The molecular weight excluding hydrogens is 326 g/mol. The van der Waals surface area contributed by atoms with E-state index in [2.05, 4.69) is 15.5 Å². The van der Waals surface area contributed by atoms with Gasteiger partial charge in [0.15, 0.2) is 0 Å². The first-order valence-corrected chi connectivity index (χ1v) is 9.07. The second-order valence-corrected chi connectivity index (χ2v) is 6.73. The zero-order valence-corrected chi connectivity index (χ0v) is 15.1. The largest absolute Gasteiger partial charge is 0.372 e. The lowest BCUT2D eigenvalue weighted by molar-refractivity contribution is -0.123. The molecule has 5 heteroatoms. The van der Waals surface area contributed by atoms with Crippen molar-refractivity contribution in [3.63, 3.8) is 0 Å².